The lowest BCUT2D eigenvalue weighted by atomic mass is 9.95. The number of carbonyl (C=O) groups is 1. The highest BCUT2D eigenvalue weighted by Crippen LogP contribution is 2.36. The van der Waals surface area contributed by atoms with E-state index in [-0.39, 0.29) is 18.1 Å². The summed E-state index contributed by atoms with van der Waals surface area (Å²) in [6.45, 7) is 0.776. The lowest BCUT2D eigenvalue weighted by Gasteiger charge is -2.35. The fourth-order valence-electron chi connectivity index (χ4n) is 2.63. The van der Waals surface area contributed by atoms with Gasteiger partial charge in [-0.05, 0) is 43.8 Å². The van der Waals surface area contributed by atoms with Crippen molar-refractivity contribution in [3.8, 4) is 11.5 Å². The molecular weight excluding hydrogens is 366 g/mol. The summed E-state index contributed by atoms with van der Waals surface area (Å²) >= 11 is 5.30. The molecule has 0 fully saturated rings. The molecule has 6 nitrogen and oxygen atoms in total. The van der Waals surface area contributed by atoms with Gasteiger partial charge in [0.1, 0.15) is 0 Å². The average molecular weight is 386 g/mol. The van der Waals surface area contributed by atoms with Crippen molar-refractivity contribution in [1.82, 2.24) is 10.2 Å². The second-order valence-corrected chi connectivity index (χ2v) is 5.84. The number of allylic oxidation sites excluding steroid dienone is 1. The van der Waals surface area contributed by atoms with Crippen LogP contribution in [0.25, 0.3) is 0 Å². The molecule has 0 amide bonds. The SMILES string of the molecule is CCOc1cc([C@@H]2NC(=S)N(C)C(C)=C2C(=O)OC)ccc1OC(F)F. The quantitative estimate of drug-likeness (QED) is 0.596. The van der Waals surface area contributed by atoms with Crippen LogP contribution in [0.4, 0.5) is 8.78 Å². The maximum Gasteiger partial charge on any atom is 0.387 e. The normalized spacial score (nSPS) is 17.3. The fourth-order valence-corrected chi connectivity index (χ4v) is 2.88. The van der Waals surface area contributed by atoms with Crippen LogP contribution in [0.5, 0.6) is 11.5 Å². The summed E-state index contributed by atoms with van der Waals surface area (Å²) in [6, 6.07) is 3.89. The number of hydrogen-bond acceptors (Lipinski definition) is 5. The molecule has 1 aliphatic heterocycles. The predicted octanol–water partition coefficient (Wildman–Crippen LogP) is 2.99. The van der Waals surface area contributed by atoms with Crippen LogP contribution in [-0.2, 0) is 9.53 Å². The first-order valence-electron chi connectivity index (χ1n) is 7.85. The van der Waals surface area contributed by atoms with Crippen molar-refractivity contribution in [3.05, 3.63) is 35.0 Å². The molecule has 1 aromatic rings. The molecule has 0 aromatic heterocycles. The Morgan fingerprint density at radius 3 is 2.65 bits per heavy atom. The van der Waals surface area contributed by atoms with Crippen LogP contribution in [0.1, 0.15) is 25.5 Å². The summed E-state index contributed by atoms with van der Waals surface area (Å²) in [6.07, 6.45) is 0. The Balaban J connectivity index is 2.52. The van der Waals surface area contributed by atoms with Gasteiger partial charge in [0.15, 0.2) is 16.6 Å². The van der Waals surface area contributed by atoms with Crippen molar-refractivity contribution >= 4 is 23.3 Å². The van der Waals surface area contributed by atoms with Crippen LogP contribution in [-0.4, -0.2) is 43.4 Å². The zero-order valence-electron chi connectivity index (χ0n) is 14.8. The monoisotopic (exact) mass is 386 g/mol. The van der Waals surface area contributed by atoms with E-state index in [0.29, 0.717) is 21.9 Å². The largest absolute Gasteiger partial charge is 0.490 e. The summed E-state index contributed by atoms with van der Waals surface area (Å²) in [5.74, 6) is -0.444. The zero-order chi connectivity index (χ0) is 19.4. The number of thiocarbonyl (C=S) groups is 1. The molecule has 1 N–H and O–H groups in total. The van der Waals surface area contributed by atoms with E-state index >= 15 is 0 Å². The highest BCUT2D eigenvalue weighted by molar-refractivity contribution is 7.80. The van der Waals surface area contributed by atoms with E-state index in [1.807, 2.05) is 0 Å². The van der Waals surface area contributed by atoms with E-state index in [1.165, 1.54) is 13.2 Å². The third-order valence-corrected chi connectivity index (χ3v) is 4.37. The van der Waals surface area contributed by atoms with E-state index in [2.05, 4.69) is 10.1 Å². The molecule has 0 bridgehead atoms. The van der Waals surface area contributed by atoms with Gasteiger partial charge in [0.25, 0.3) is 0 Å². The number of benzene rings is 1. The molecule has 0 spiro atoms. The van der Waals surface area contributed by atoms with Gasteiger partial charge in [-0.1, -0.05) is 6.07 Å². The Bertz CT molecular complexity index is 739. The molecule has 2 rings (SSSR count). The number of methoxy groups -OCH3 is 1. The highest BCUT2D eigenvalue weighted by Gasteiger charge is 2.33. The number of carbonyl (C=O) groups excluding carboxylic acids is 1. The maximum atomic E-state index is 12.6. The number of ether oxygens (including phenoxy) is 3. The third-order valence-electron chi connectivity index (χ3n) is 3.98. The molecule has 0 aliphatic carbocycles. The number of nitrogens with one attached hydrogen (secondary N) is 1. The summed E-state index contributed by atoms with van der Waals surface area (Å²) in [4.78, 5) is 14.0. The number of halogens is 2. The van der Waals surface area contributed by atoms with Gasteiger partial charge >= 0.3 is 12.6 Å². The molecular formula is C17H20F2N2O4S. The molecule has 142 valence electrons. The fraction of sp³-hybridized carbons (Fsp3) is 0.412. The molecule has 1 aliphatic rings. The summed E-state index contributed by atoms with van der Waals surface area (Å²) in [5, 5.41) is 3.48. The van der Waals surface area contributed by atoms with Crippen molar-refractivity contribution in [1.29, 1.82) is 0 Å². The molecule has 1 atom stereocenters. The Morgan fingerprint density at radius 1 is 1.38 bits per heavy atom. The molecule has 0 saturated carbocycles. The Hall–Kier alpha value is -2.42. The lowest BCUT2D eigenvalue weighted by Crippen LogP contribution is -2.46. The molecule has 1 aromatic carbocycles. The van der Waals surface area contributed by atoms with Crippen molar-refractivity contribution in [2.75, 3.05) is 20.8 Å². The highest BCUT2D eigenvalue weighted by atomic mass is 32.1. The topological polar surface area (TPSA) is 60.0 Å². The van der Waals surface area contributed by atoms with Gasteiger partial charge in [0, 0.05) is 12.7 Å². The van der Waals surface area contributed by atoms with E-state index in [4.69, 9.17) is 21.7 Å². The van der Waals surface area contributed by atoms with Gasteiger partial charge in [-0.15, -0.1) is 0 Å². The van der Waals surface area contributed by atoms with Gasteiger partial charge in [-0.25, -0.2) is 4.79 Å². The first-order chi connectivity index (χ1) is 12.3. The van der Waals surface area contributed by atoms with Gasteiger partial charge in [0.2, 0.25) is 0 Å². The number of rotatable bonds is 6. The summed E-state index contributed by atoms with van der Waals surface area (Å²) in [5.41, 5.74) is 1.61. The van der Waals surface area contributed by atoms with Crippen LogP contribution in [0.15, 0.2) is 29.5 Å². The van der Waals surface area contributed by atoms with Crippen LogP contribution in [0.2, 0.25) is 0 Å². The standard InChI is InChI=1S/C17H20F2N2O4S/c1-5-24-12-8-10(6-7-11(12)25-16(18)19)14-13(15(22)23-4)9(2)21(3)17(26)20-14/h6-8,14,16H,5H2,1-4H3,(H,20,26)/t14-/m0/s1. The maximum absolute atomic E-state index is 12.6. The molecule has 0 unspecified atom stereocenters. The Labute approximate surface area is 155 Å². The van der Waals surface area contributed by atoms with E-state index < -0.39 is 18.6 Å². The summed E-state index contributed by atoms with van der Waals surface area (Å²) < 4.78 is 39.9. The molecule has 26 heavy (non-hydrogen) atoms. The van der Waals surface area contributed by atoms with E-state index in [9.17, 15) is 13.6 Å². The molecule has 1 heterocycles. The zero-order valence-corrected chi connectivity index (χ0v) is 15.7. The van der Waals surface area contributed by atoms with Gasteiger partial charge in [-0.3, -0.25) is 0 Å². The Kier molecular flexibility index (Phi) is 6.36. The second kappa shape index (κ2) is 8.31. The number of esters is 1. The predicted molar refractivity (Wildman–Crippen MR) is 95.2 cm³/mol. The smallest absolute Gasteiger partial charge is 0.387 e. The van der Waals surface area contributed by atoms with Crippen molar-refractivity contribution < 1.29 is 27.8 Å². The summed E-state index contributed by atoms with van der Waals surface area (Å²) in [7, 11) is 3.02. The van der Waals surface area contributed by atoms with Crippen molar-refractivity contribution in [2.45, 2.75) is 26.5 Å². The number of nitrogens with zero attached hydrogens (tertiary/aromatic N) is 1. The minimum atomic E-state index is -2.97. The minimum Gasteiger partial charge on any atom is -0.490 e. The molecule has 0 radical (unpaired) electrons. The second-order valence-electron chi connectivity index (χ2n) is 5.45. The first kappa shape index (κ1) is 19.9. The van der Waals surface area contributed by atoms with Crippen molar-refractivity contribution in [2.24, 2.45) is 0 Å². The number of hydrogen-bond donors (Lipinski definition) is 1. The molecule has 0 saturated heterocycles. The Morgan fingerprint density at radius 2 is 2.08 bits per heavy atom. The van der Waals surface area contributed by atoms with Crippen LogP contribution >= 0.6 is 12.2 Å². The van der Waals surface area contributed by atoms with Crippen LogP contribution in [0.3, 0.4) is 0 Å². The number of alkyl halides is 2. The minimum absolute atomic E-state index is 0.0820. The van der Waals surface area contributed by atoms with Gasteiger partial charge < -0.3 is 24.4 Å². The first-order valence-corrected chi connectivity index (χ1v) is 8.25. The lowest BCUT2D eigenvalue weighted by molar-refractivity contribution is -0.136. The molecule has 9 heteroatoms. The van der Waals surface area contributed by atoms with Gasteiger partial charge in [-0.2, -0.15) is 8.78 Å². The van der Waals surface area contributed by atoms with Crippen LogP contribution in [0, 0.1) is 0 Å². The van der Waals surface area contributed by atoms with Crippen LogP contribution < -0.4 is 14.8 Å². The third kappa shape index (κ3) is 4.04. The van der Waals surface area contributed by atoms with E-state index in [0.717, 1.165) is 0 Å². The van der Waals surface area contributed by atoms with Gasteiger partial charge in [0.05, 0.1) is 25.3 Å². The van der Waals surface area contributed by atoms with Crippen molar-refractivity contribution in [3.63, 3.8) is 0 Å². The van der Waals surface area contributed by atoms with E-state index in [1.54, 1.807) is 37.9 Å². The average Bonchev–Trinajstić information content (AvgIpc) is 2.60.